The summed E-state index contributed by atoms with van der Waals surface area (Å²) in [5, 5.41) is 3.03. The molecule has 1 atom stereocenters. The monoisotopic (exact) mass is 288 g/mol. The zero-order valence-corrected chi connectivity index (χ0v) is 13.6. The van der Waals surface area contributed by atoms with Crippen molar-refractivity contribution >= 4 is 5.91 Å². The first-order chi connectivity index (χ1) is 9.76. The molecule has 3 heteroatoms. The number of carbonyl (C=O) groups is 1. The number of benzene rings is 1. The van der Waals surface area contributed by atoms with Crippen LogP contribution in [0.15, 0.2) is 30.3 Å². The average Bonchev–Trinajstić information content (AvgIpc) is 2.84. The van der Waals surface area contributed by atoms with Gasteiger partial charge in [0.1, 0.15) is 0 Å². The number of hydrogen-bond acceptors (Lipinski definition) is 2. The fraction of sp³-hybridized carbons (Fsp3) is 0.611. The first-order valence-corrected chi connectivity index (χ1v) is 7.84. The van der Waals surface area contributed by atoms with Crippen LogP contribution >= 0.6 is 0 Å². The zero-order chi connectivity index (χ0) is 15.7. The second kappa shape index (κ2) is 5.80. The first-order valence-electron chi connectivity index (χ1n) is 7.84. The Morgan fingerprint density at radius 1 is 1.19 bits per heavy atom. The Morgan fingerprint density at radius 2 is 1.76 bits per heavy atom. The molecule has 1 aromatic rings. The minimum Gasteiger partial charge on any atom is -0.354 e. The molecule has 0 bridgehead atoms. The van der Waals surface area contributed by atoms with E-state index in [2.05, 4.69) is 45.1 Å². The molecule has 21 heavy (non-hydrogen) atoms. The zero-order valence-electron chi connectivity index (χ0n) is 13.6. The van der Waals surface area contributed by atoms with E-state index >= 15 is 0 Å². The van der Waals surface area contributed by atoms with E-state index < -0.39 is 6.04 Å². The topological polar surface area (TPSA) is 55.1 Å². The van der Waals surface area contributed by atoms with Gasteiger partial charge in [-0.15, -0.1) is 0 Å². The number of nitrogens with one attached hydrogen (secondary N) is 1. The largest absolute Gasteiger partial charge is 0.354 e. The van der Waals surface area contributed by atoms with Crippen LogP contribution in [0.3, 0.4) is 0 Å². The molecule has 1 amide bonds. The quantitative estimate of drug-likeness (QED) is 0.845. The lowest BCUT2D eigenvalue weighted by atomic mass is 10.0. The summed E-state index contributed by atoms with van der Waals surface area (Å²) >= 11 is 0. The Morgan fingerprint density at radius 3 is 2.29 bits per heavy atom. The third kappa shape index (κ3) is 3.29. The lowest BCUT2D eigenvalue weighted by Crippen LogP contribution is -2.42. The molecule has 0 aliphatic heterocycles. The third-order valence-corrected chi connectivity index (χ3v) is 5.72. The molecular weight excluding hydrogens is 260 g/mol. The molecule has 1 aliphatic rings. The summed E-state index contributed by atoms with van der Waals surface area (Å²) in [5.74, 6) is 0.514. The van der Waals surface area contributed by atoms with Gasteiger partial charge in [-0.1, -0.05) is 58.0 Å². The summed E-state index contributed by atoms with van der Waals surface area (Å²) in [7, 11) is 0. The highest BCUT2D eigenvalue weighted by Crippen LogP contribution is 2.67. The number of aryl methyl sites for hydroxylation is 1. The SMILES string of the molecule is CC1(C)C(CNC(=O)[C@@H](N)CCc2ccccc2)C1(C)C. The maximum atomic E-state index is 12.1. The third-order valence-electron chi connectivity index (χ3n) is 5.72. The van der Waals surface area contributed by atoms with Gasteiger partial charge in [0.2, 0.25) is 5.91 Å². The van der Waals surface area contributed by atoms with Crippen LogP contribution in [0.5, 0.6) is 0 Å². The molecule has 0 saturated heterocycles. The van der Waals surface area contributed by atoms with Crippen LogP contribution < -0.4 is 11.1 Å². The van der Waals surface area contributed by atoms with Crippen LogP contribution in [-0.4, -0.2) is 18.5 Å². The van der Waals surface area contributed by atoms with E-state index in [-0.39, 0.29) is 5.91 Å². The van der Waals surface area contributed by atoms with Gasteiger partial charge in [-0.3, -0.25) is 4.79 Å². The predicted molar refractivity (Wildman–Crippen MR) is 86.8 cm³/mol. The summed E-state index contributed by atoms with van der Waals surface area (Å²) in [6, 6.07) is 9.74. The van der Waals surface area contributed by atoms with E-state index in [0.717, 1.165) is 13.0 Å². The minimum absolute atomic E-state index is 0.0237. The van der Waals surface area contributed by atoms with Crippen molar-refractivity contribution in [1.29, 1.82) is 0 Å². The predicted octanol–water partition coefficient (Wildman–Crippen LogP) is 2.74. The second-order valence-corrected chi connectivity index (χ2v) is 7.37. The molecule has 3 N–H and O–H groups in total. The molecule has 1 aliphatic carbocycles. The van der Waals surface area contributed by atoms with E-state index in [4.69, 9.17) is 5.73 Å². The van der Waals surface area contributed by atoms with Crippen LogP contribution in [0, 0.1) is 16.7 Å². The van der Waals surface area contributed by atoms with Crippen LogP contribution in [0.4, 0.5) is 0 Å². The van der Waals surface area contributed by atoms with Crippen LogP contribution in [0.1, 0.15) is 39.7 Å². The van der Waals surface area contributed by atoms with E-state index in [1.165, 1.54) is 5.56 Å². The molecule has 1 aromatic carbocycles. The fourth-order valence-corrected chi connectivity index (χ4v) is 3.28. The summed E-state index contributed by atoms with van der Waals surface area (Å²) in [6.45, 7) is 9.79. The molecule has 0 heterocycles. The standard InChI is InChI=1S/C18H28N2O/c1-17(2)15(18(17,3)4)12-20-16(21)14(19)11-10-13-8-6-5-7-9-13/h5-9,14-15H,10-12,19H2,1-4H3,(H,20,21)/t14-/m0/s1. The maximum absolute atomic E-state index is 12.1. The Kier molecular flexibility index (Phi) is 4.43. The molecule has 1 saturated carbocycles. The van der Waals surface area contributed by atoms with Gasteiger partial charge < -0.3 is 11.1 Å². The van der Waals surface area contributed by atoms with E-state index in [0.29, 0.717) is 23.2 Å². The van der Waals surface area contributed by atoms with Gasteiger partial charge in [0, 0.05) is 6.54 Å². The average molecular weight is 288 g/mol. The van der Waals surface area contributed by atoms with E-state index in [1.54, 1.807) is 0 Å². The molecule has 1 fully saturated rings. The number of nitrogens with two attached hydrogens (primary N) is 1. The lowest BCUT2D eigenvalue weighted by molar-refractivity contribution is -0.122. The van der Waals surface area contributed by atoms with Crippen LogP contribution in [0.2, 0.25) is 0 Å². The van der Waals surface area contributed by atoms with Gasteiger partial charge in [-0.25, -0.2) is 0 Å². The second-order valence-electron chi connectivity index (χ2n) is 7.37. The minimum atomic E-state index is -0.421. The number of carbonyl (C=O) groups excluding carboxylic acids is 1. The molecule has 0 aromatic heterocycles. The lowest BCUT2D eigenvalue weighted by Gasteiger charge is -2.13. The van der Waals surface area contributed by atoms with Crippen molar-refractivity contribution in [2.75, 3.05) is 6.54 Å². The maximum Gasteiger partial charge on any atom is 0.236 e. The van der Waals surface area contributed by atoms with Gasteiger partial charge in [-0.05, 0) is 35.2 Å². The van der Waals surface area contributed by atoms with Crippen molar-refractivity contribution in [3.05, 3.63) is 35.9 Å². The van der Waals surface area contributed by atoms with Crippen molar-refractivity contribution in [3.8, 4) is 0 Å². The Bertz CT molecular complexity index is 479. The van der Waals surface area contributed by atoms with Crippen molar-refractivity contribution in [2.45, 2.75) is 46.6 Å². The summed E-state index contributed by atoms with van der Waals surface area (Å²) < 4.78 is 0. The normalized spacial score (nSPS) is 20.8. The molecule has 116 valence electrons. The summed E-state index contributed by atoms with van der Waals surface area (Å²) in [6.07, 6.45) is 1.53. The highest BCUT2D eigenvalue weighted by atomic mass is 16.2. The first kappa shape index (κ1) is 16.0. The molecule has 2 rings (SSSR count). The van der Waals surface area contributed by atoms with Crippen molar-refractivity contribution in [1.82, 2.24) is 5.32 Å². The highest BCUT2D eigenvalue weighted by Gasteiger charge is 2.64. The molecule has 0 spiro atoms. The van der Waals surface area contributed by atoms with E-state index in [9.17, 15) is 4.79 Å². The van der Waals surface area contributed by atoms with Crippen molar-refractivity contribution < 1.29 is 4.79 Å². The van der Waals surface area contributed by atoms with Crippen LogP contribution in [0.25, 0.3) is 0 Å². The molecule has 0 radical (unpaired) electrons. The van der Waals surface area contributed by atoms with Gasteiger partial charge in [0.25, 0.3) is 0 Å². The summed E-state index contributed by atoms with van der Waals surface area (Å²) in [5.41, 5.74) is 7.82. The Labute approximate surface area is 128 Å². The Balaban J connectivity index is 1.74. The fourth-order valence-electron chi connectivity index (χ4n) is 3.28. The van der Waals surface area contributed by atoms with Gasteiger partial charge in [0.05, 0.1) is 6.04 Å². The molecule has 3 nitrogen and oxygen atoms in total. The van der Waals surface area contributed by atoms with Gasteiger partial charge in [-0.2, -0.15) is 0 Å². The summed E-state index contributed by atoms with van der Waals surface area (Å²) in [4.78, 5) is 12.1. The molecule has 0 unspecified atom stereocenters. The van der Waals surface area contributed by atoms with E-state index in [1.807, 2.05) is 18.2 Å². The van der Waals surface area contributed by atoms with Crippen molar-refractivity contribution in [3.63, 3.8) is 0 Å². The van der Waals surface area contributed by atoms with Crippen LogP contribution in [-0.2, 0) is 11.2 Å². The highest BCUT2D eigenvalue weighted by molar-refractivity contribution is 5.81. The van der Waals surface area contributed by atoms with Crippen molar-refractivity contribution in [2.24, 2.45) is 22.5 Å². The van der Waals surface area contributed by atoms with Gasteiger partial charge >= 0.3 is 0 Å². The number of hydrogen-bond donors (Lipinski definition) is 2. The molecular formula is C18H28N2O. The van der Waals surface area contributed by atoms with Gasteiger partial charge in [0.15, 0.2) is 0 Å². The number of rotatable bonds is 6. The smallest absolute Gasteiger partial charge is 0.236 e. The number of amides is 1. The Hall–Kier alpha value is -1.35.